The lowest BCUT2D eigenvalue weighted by Gasteiger charge is -2.08. The number of hydrogen-bond acceptors (Lipinski definition) is 3. The number of benzene rings is 2. The SMILES string of the molecule is C=CCNC(=O)Cn1nnc(-c2ccccc2)c1-c1ccccc1. The summed E-state index contributed by atoms with van der Waals surface area (Å²) in [6.07, 6.45) is 1.65. The molecule has 5 heteroatoms. The summed E-state index contributed by atoms with van der Waals surface area (Å²) < 4.78 is 1.64. The highest BCUT2D eigenvalue weighted by Crippen LogP contribution is 2.29. The van der Waals surface area contributed by atoms with Crippen LogP contribution in [0, 0.1) is 0 Å². The van der Waals surface area contributed by atoms with Gasteiger partial charge in [0.15, 0.2) is 0 Å². The lowest BCUT2D eigenvalue weighted by atomic mass is 10.0. The first-order valence-electron chi connectivity index (χ1n) is 7.71. The van der Waals surface area contributed by atoms with E-state index in [2.05, 4.69) is 22.2 Å². The summed E-state index contributed by atoms with van der Waals surface area (Å²) in [6.45, 7) is 4.14. The maximum Gasteiger partial charge on any atom is 0.242 e. The van der Waals surface area contributed by atoms with Crippen molar-refractivity contribution in [1.29, 1.82) is 0 Å². The van der Waals surface area contributed by atoms with E-state index in [0.717, 1.165) is 22.5 Å². The van der Waals surface area contributed by atoms with Crippen LogP contribution in [0.1, 0.15) is 0 Å². The fraction of sp³-hybridized carbons (Fsp3) is 0.105. The van der Waals surface area contributed by atoms with E-state index >= 15 is 0 Å². The van der Waals surface area contributed by atoms with Crippen molar-refractivity contribution in [3.05, 3.63) is 73.3 Å². The average molecular weight is 318 g/mol. The van der Waals surface area contributed by atoms with Crippen LogP contribution in [0.2, 0.25) is 0 Å². The number of amides is 1. The van der Waals surface area contributed by atoms with E-state index in [1.807, 2.05) is 60.7 Å². The monoisotopic (exact) mass is 318 g/mol. The number of aromatic nitrogens is 3. The number of hydrogen-bond donors (Lipinski definition) is 1. The molecule has 3 rings (SSSR count). The van der Waals surface area contributed by atoms with Crippen LogP contribution in [-0.4, -0.2) is 27.4 Å². The third kappa shape index (κ3) is 3.41. The van der Waals surface area contributed by atoms with Crippen LogP contribution < -0.4 is 5.32 Å². The Hall–Kier alpha value is -3.21. The molecule has 5 nitrogen and oxygen atoms in total. The summed E-state index contributed by atoms with van der Waals surface area (Å²) >= 11 is 0. The summed E-state index contributed by atoms with van der Waals surface area (Å²) in [7, 11) is 0. The van der Waals surface area contributed by atoms with E-state index in [0.29, 0.717) is 6.54 Å². The Morgan fingerprint density at radius 2 is 1.67 bits per heavy atom. The second kappa shape index (κ2) is 7.37. The van der Waals surface area contributed by atoms with Gasteiger partial charge in [0, 0.05) is 17.7 Å². The highest BCUT2D eigenvalue weighted by Gasteiger charge is 2.17. The Kier molecular flexibility index (Phi) is 4.81. The molecule has 3 aromatic rings. The van der Waals surface area contributed by atoms with Gasteiger partial charge in [0.1, 0.15) is 12.2 Å². The molecular formula is C19H18N4O. The van der Waals surface area contributed by atoms with E-state index in [9.17, 15) is 4.79 Å². The quantitative estimate of drug-likeness (QED) is 0.711. The first-order valence-corrected chi connectivity index (χ1v) is 7.71. The fourth-order valence-electron chi connectivity index (χ4n) is 2.47. The number of carbonyl (C=O) groups is 1. The van der Waals surface area contributed by atoms with Crippen molar-refractivity contribution >= 4 is 5.91 Å². The van der Waals surface area contributed by atoms with Crippen molar-refractivity contribution in [1.82, 2.24) is 20.3 Å². The molecule has 0 radical (unpaired) electrons. The average Bonchev–Trinajstić information content (AvgIpc) is 3.05. The highest BCUT2D eigenvalue weighted by atomic mass is 16.2. The molecule has 0 atom stereocenters. The molecule has 24 heavy (non-hydrogen) atoms. The largest absolute Gasteiger partial charge is 0.351 e. The number of carbonyl (C=O) groups excluding carboxylic acids is 1. The second-order valence-corrected chi connectivity index (χ2v) is 5.27. The van der Waals surface area contributed by atoms with Crippen molar-refractivity contribution in [3.8, 4) is 22.5 Å². The number of nitrogens with zero attached hydrogens (tertiary/aromatic N) is 3. The number of nitrogens with one attached hydrogen (secondary N) is 1. The lowest BCUT2D eigenvalue weighted by molar-refractivity contribution is -0.121. The zero-order valence-corrected chi connectivity index (χ0v) is 13.2. The molecule has 2 aromatic carbocycles. The summed E-state index contributed by atoms with van der Waals surface area (Å²) in [5, 5.41) is 11.3. The summed E-state index contributed by atoms with van der Waals surface area (Å²) in [5.74, 6) is -0.128. The fourth-order valence-corrected chi connectivity index (χ4v) is 2.47. The van der Waals surface area contributed by atoms with Gasteiger partial charge in [-0.25, -0.2) is 4.68 Å². The molecule has 120 valence electrons. The maximum absolute atomic E-state index is 12.1. The van der Waals surface area contributed by atoms with Crippen molar-refractivity contribution in [2.45, 2.75) is 6.54 Å². The molecule has 0 aliphatic heterocycles. The second-order valence-electron chi connectivity index (χ2n) is 5.27. The van der Waals surface area contributed by atoms with Crippen LogP contribution in [0.15, 0.2) is 73.3 Å². The Morgan fingerprint density at radius 1 is 1.04 bits per heavy atom. The molecule has 0 spiro atoms. The van der Waals surface area contributed by atoms with Crippen LogP contribution in [0.4, 0.5) is 0 Å². The minimum absolute atomic E-state index is 0.109. The molecule has 0 fully saturated rings. The lowest BCUT2D eigenvalue weighted by Crippen LogP contribution is -2.28. The Labute approximate surface area is 140 Å². The third-order valence-corrected chi connectivity index (χ3v) is 3.57. The molecule has 1 amide bonds. The van der Waals surface area contributed by atoms with Crippen LogP contribution in [0.3, 0.4) is 0 Å². The van der Waals surface area contributed by atoms with Gasteiger partial charge in [0.05, 0.1) is 5.69 Å². The zero-order chi connectivity index (χ0) is 16.8. The van der Waals surface area contributed by atoms with Gasteiger partial charge >= 0.3 is 0 Å². The van der Waals surface area contributed by atoms with Gasteiger partial charge in [-0.1, -0.05) is 72.0 Å². The summed E-state index contributed by atoms with van der Waals surface area (Å²) in [6, 6.07) is 19.7. The van der Waals surface area contributed by atoms with Gasteiger partial charge in [0.2, 0.25) is 5.91 Å². The van der Waals surface area contributed by atoms with E-state index in [4.69, 9.17) is 0 Å². The molecule has 0 unspecified atom stereocenters. The maximum atomic E-state index is 12.1. The predicted octanol–water partition coefficient (Wildman–Crippen LogP) is 2.91. The standard InChI is InChI=1S/C19H18N4O/c1-2-13-20-17(24)14-23-19(16-11-7-4-8-12-16)18(21-22-23)15-9-5-3-6-10-15/h2-12H,1,13-14H2,(H,20,24). The molecule has 0 saturated carbocycles. The van der Waals surface area contributed by atoms with Crippen molar-refractivity contribution in [2.24, 2.45) is 0 Å². The van der Waals surface area contributed by atoms with Gasteiger partial charge in [0.25, 0.3) is 0 Å². The Balaban J connectivity index is 2.02. The highest BCUT2D eigenvalue weighted by molar-refractivity contribution is 5.81. The van der Waals surface area contributed by atoms with Crippen LogP contribution in [0.25, 0.3) is 22.5 Å². The molecule has 1 aromatic heterocycles. The van der Waals surface area contributed by atoms with Crippen molar-refractivity contribution < 1.29 is 4.79 Å². The van der Waals surface area contributed by atoms with Gasteiger partial charge in [-0.15, -0.1) is 11.7 Å². The molecule has 1 heterocycles. The van der Waals surface area contributed by atoms with Crippen molar-refractivity contribution in [3.63, 3.8) is 0 Å². The van der Waals surface area contributed by atoms with E-state index in [1.54, 1.807) is 10.8 Å². The smallest absolute Gasteiger partial charge is 0.242 e. The van der Waals surface area contributed by atoms with E-state index < -0.39 is 0 Å². The minimum Gasteiger partial charge on any atom is -0.351 e. The summed E-state index contributed by atoms with van der Waals surface area (Å²) in [5.41, 5.74) is 3.53. The van der Waals surface area contributed by atoms with Gasteiger partial charge in [-0.3, -0.25) is 4.79 Å². The minimum atomic E-state index is -0.128. The molecule has 1 N–H and O–H groups in total. The first kappa shape index (κ1) is 15.7. The molecule has 0 bridgehead atoms. The van der Waals surface area contributed by atoms with E-state index in [-0.39, 0.29) is 12.5 Å². The molecular weight excluding hydrogens is 300 g/mol. The van der Waals surface area contributed by atoms with Gasteiger partial charge < -0.3 is 5.32 Å². The van der Waals surface area contributed by atoms with Crippen molar-refractivity contribution in [2.75, 3.05) is 6.54 Å². The molecule has 0 saturated heterocycles. The molecule has 0 aliphatic carbocycles. The van der Waals surface area contributed by atoms with E-state index in [1.165, 1.54) is 0 Å². The van der Waals surface area contributed by atoms with Crippen LogP contribution in [0.5, 0.6) is 0 Å². The Morgan fingerprint density at radius 3 is 2.29 bits per heavy atom. The third-order valence-electron chi connectivity index (χ3n) is 3.57. The normalized spacial score (nSPS) is 10.3. The zero-order valence-electron chi connectivity index (χ0n) is 13.2. The Bertz CT molecular complexity index is 825. The number of rotatable bonds is 6. The topological polar surface area (TPSA) is 59.8 Å². The van der Waals surface area contributed by atoms with Gasteiger partial charge in [-0.2, -0.15) is 0 Å². The van der Waals surface area contributed by atoms with Crippen LogP contribution >= 0.6 is 0 Å². The first-order chi connectivity index (χ1) is 11.8. The summed E-state index contributed by atoms with van der Waals surface area (Å²) in [4.78, 5) is 12.1. The molecule has 0 aliphatic rings. The predicted molar refractivity (Wildman–Crippen MR) is 94.1 cm³/mol. The van der Waals surface area contributed by atoms with Crippen LogP contribution in [-0.2, 0) is 11.3 Å². The van der Waals surface area contributed by atoms with Gasteiger partial charge in [-0.05, 0) is 0 Å².